The van der Waals surface area contributed by atoms with Crippen molar-refractivity contribution in [1.29, 1.82) is 0 Å². The van der Waals surface area contributed by atoms with Crippen molar-refractivity contribution in [3.63, 3.8) is 0 Å². The van der Waals surface area contributed by atoms with Gasteiger partial charge in [0.25, 0.3) is 0 Å². The van der Waals surface area contributed by atoms with Gasteiger partial charge in [-0.15, -0.1) is 0 Å². The molecular weight excluding hydrogens is 220 g/mol. The molecule has 1 unspecified atom stereocenters. The van der Waals surface area contributed by atoms with E-state index in [0.29, 0.717) is 0 Å². The highest BCUT2D eigenvalue weighted by Gasteiger charge is 2.25. The zero-order chi connectivity index (χ0) is 12.7. The minimum atomic E-state index is -0.572. The summed E-state index contributed by atoms with van der Waals surface area (Å²) in [6.07, 6.45) is 6.13. The van der Waals surface area contributed by atoms with Gasteiger partial charge in [0.2, 0.25) is 0 Å². The Kier molecular flexibility index (Phi) is 5.71. The lowest BCUT2D eigenvalue weighted by atomic mass is 9.98. The van der Waals surface area contributed by atoms with Crippen LogP contribution < -0.4 is 10.8 Å². The summed E-state index contributed by atoms with van der Waals surface area (Å²) in [6, 6.07) is -0.373. The van der Waals surface area contributed by atoms with Gasteiger partial charge in [0.1, 0.15) is 0 Å². The number of aliphatic hydroxyl groups is 1. The van der Waals surface area contributed by atoms with E-state index in [-0.39, 0.29) is 18.7 Å². The van der Waals surface area contributed by atoms with Crippen LogP contribution in [-0.2, 0) is 4.84 Å². The molecule has 0 radical (unpaired) electrons. The van der Waals surface area contributed by atoms with E-state index in [4.69, 9.17) is 4.84 Å². The van der Waals surface area contributed by atoms with Gasteiger partial charge in [0.15, 0.2) is 0 Å². The van der Waals surface area contributed by atoms with Crippen molar-refractivity contribution in [3.8, 4) is 0 Å². The summed E-state index contributed by atoms with van der Waals surface area (Å²) in [4.78, 5) is 16.9. The molecule has 1 aliphatic rings. The van der Waals surface area contributed by atoms with Gasteiger partial charge in [-0.1, -0.05) is 26.2 Å². The number of carbonyl (C=O) groups is 1. The minimum absolute atomic E-state index is 0.0717. The summed E-state index contributed by atoms with van der Waals surface area (Å²) in [7, 11) is 0. The van der Waals surface area contributed by atoms with Gasteiger partial charge in [0.05, 0.1) is 18.2 Å². The van der Waals surface area contributed by atoms with E-state index >= 15 is 0 Å². The fourth-order valence-corrected chi connectivity index (χ4v) is 2.18. The van der Waals surface area contributed by atoms with Gasteiger partial charge < -0.3 is 10.4 Å². The number of urea groups is 1. The lowest BCUT2D eigenvalue weighted by Gasteiger charge is -2.28. The number of amides is 2. The summed E-state index contributed by atoms with van der Waals surface area (Å²) in [5, 5.41) is 12.0. The molecule has 1 atom stereocenters. The van der Waals surface area contributed by atoms with Crippen LogP contribution in [-0.4, -0.2) is 29.4 Å². The molecule has 5 heteroatoms. The number of aliphatic hydroxyl groups excluding tert-OH is 1. The highest BCUT2D eigenvalue weighted by atomic mass is 16.7. The van der Waals surface area contributed by atoms with Crippen LogP contribution in [0, 0.1) is 0 Å². The van der Waals surface area contributed by atoms with Crippen molar-refractivity contribution >= 4 is 6.03 Å². The van der Waals surface area contributed by atoms with Crippen LogP contribution in [0.5, 0.6) is 0 Å². The molecule has 0 spiro atoms. The summed E-state index contributed by atoms with van der Waals surface area (Å²) < 4.78 is 0. The molecule has 0 aromatic rings. The summed E-state index contributed by atoms with van der Waals surface area (Å²) in [5.74, 6) is 0. The molecule has 0 aromatic heterocycles. The molecule has 0 bridgehead atoms. The van der Waals surface area contributed by atoms with Gasteiger partial charge in [-0.2, -0.15) is 0 Å². The van der Waals surface area contributed by atoms with Crippen molar-refractivity contribution in [1.82, 2.24) is 10.8 Å². The Morgan fingerprint density at radius 3 is 2.65 bits per heavy atom. The molecule has 1 aliphatic carbocycles. The largest absolute Gasteiger partial charge is 0.394 e. The Morgan fingerprint density at radius 2 is 2.12 bits per heavy atom. The molecule has 17 heavy (non-hydrogen) atoms. The molecule has 0 saturated heterocycles. The minimum Gasteiger partial charge on any atom is -0.394 e. The van der Waals surface area contributed by atoms with Gasteiger partial charge in [-0.05, 0) is 26.2 Å². The van der Waals surface area contributed by atoms with Crippen LogP contribution >= 0.6 is 0 Å². The van der Waals surface area contributed by atoms with Crippen LogP contribution in [0.15, 0.2) is 0 Å². The monoisotopic (exact) mass is 244 g/mol. The second-order valence-corrected chi connectivity index (χ2v) is 5.05. The van der Waals surface area contributed by atoms with Gasteiger partial charge >= 0.3 is 6.03 Å². The maximum absolute atomic E-state index is 11.6. The van der Waals surface area contributed by atoms with Crippen molar-refractivity contribution in [2.24, 2.45) is 0 Å². The Morgan fingerprint density at radius 1 is 1.47 bits per heavy atom. The Bertz CT molecular complexity index is 242. The van der Waals surface area contributed by atoms with E-state index in [9.17, 15) is 9.90 Å². The number of hydroxylamine groups is 1. The zero-order valence-electron chi connectivity index (χ0n) is 10.8. The third-order valence-electron chi connectivity index (χ3n) is 3.19. The molecule has 0 aromatic carbocycles. The highest BCUT2D eigenvalue weighted by Crippen LogP contribution is 2.19. The number of carbonyl (C=O) groups excluding carboxylic acids is 1. The molecule has 1 saturated carbocycles. The first-order chi connectivity index (χ1) is 8.09. The molecule has 1 fully saturated rings. The highest BCUT2D eigenvalue weighted by molar-refractivity contribution is 5.73. The number of nitrogens with one attached hydrogen (secondary N) is 2. The molecule has 2 amide bonds. The first-order valence-electron chi connectivity index (χ1n) is 6.44. The van der Waals surface area contributed by atoms with Crippen molar-refractivity contribution < 1.29 is 14.7 Å². The SMILES string of the molecule is CCCC(C)(CO)NC(=O)NOC1CCCC1. The Balaban J connectivity index is 2.26. The zero-order valence-corrected chi connectivity index (χ0v) is 10.8. The second-order valence-electron chi connectivity index (χ2n) is 5.05. The van der Waals surface area contributed by atoms with E-state index in [2.05, 4.69) is 10.8 Å². The van der Waals surface area contributed by atoms with Gasteiger partial charge in [-0.3, -0.25) is 4.84 Å². The second kappa shape index (κ2) is 6.81. The Hall–Kier alpha value is -0.810. The molecule has 0 aliphatic heterocycles. The van der Waals surface area contributed by atoms with Crippen molar-refractivity contribution in [3.05, 3.63) is 0 Å². The number of hydrogen-bond donors (Lipinski definition) is 3. The molecule has 1 rings (SSSR count). The lowest BCUT2D eigenvalue weighted by molar-refractivity contribution is -0.00258. The van der Waals surface area contributed by atoms with Crippen LogP contribution in [0.3, 0.4) is 0 Å². The Labute approximate surface area is 103 Å². The average molecular weight is 244 g/mol. The quantitative estimate of drug-likeness (QED) is 0.623. The summed E-state index contributed by atoms with van der Waals surface area (Å²) in [6.45, 7) is 3.77. The van der Waals surface area contributed by atoms with Crippen molar-refractivity contribution in [2.75, 3.05) is 6.61 Å². The third kappa shape index (κ3) is 4.91. The van der Waals surface area contributed by atoms with E-state index < -0.39 is 5.54 Å². The topological polar surface area (TPSA) is 70.6 Å². The molecule has 5 nitrogen and oxygen atoms in total. The van der Waals surface area contributed by atoms with Gasteiger partial charge in [-0.25, -0.2) is 10.3 Å². The summed E-state index contributed by atoms with van der Waals surface area (Å²) >= 11 is 0. The number of rotatable bonds is 6. The fourth-order valence-electron chi connectivity index (χ4n) is 2.18. The maximum atomic E-state index is 11.6. The lowest BCUT2D eigenvalue weighted by Crippen LogP contribution is -2.52. The smallest absolute Gasteiger partial charge is 0.339 e. The van der Waals surface area contributed by atoms with Gasteiger partial charge in [0, 0.05) is 0 Å². The van der Waals surface area contributed by atoms with E-state index in [1.54, 1.807) is 0 Å². The molecular formula is C12H24N2O3. The van der Waals surface area contributed by atoms with E-state index in [1.807, 2.05) is 13.8 Å². The molecule has 0 heterocycles. The number of hydrogen-bond acceptors (Lipinski definition) is 3. The third-order valence-corrected chi connectivity index (χ3v) is 3.19. The standard InChI is InChI=1S/C12H24N2O3/c1-3-8-12(2,9-15)13-11(16)14-17-10-6-4-5-7-10/h10,15H,3-9H2,1-2H3,(H2,13,14,16). The normalized spacial score (nSPS) is 19.9. The molecule has 3 N–H and O–H groups in total. The van der Waals surface area contributed by atoms with E-state index in [0.717, 1.165) is 38.5 Å². The predicted octanol–water partition coefficient (Wildman–Crippen LogP) is 1.71. The van der Waals surface area contributed by atoms with Crippen molar-refractivity contribution in [2.45, 2.75) is 64.0 Å². The maximum Gasteiger partial charge on any atom is 0.339 e. The van der Waals surface area contributed by atoms with E-state index in [1.165, 1.54) is 0 Å². The molecule has 100 valence electrons. The first kappa shape index (κ1) is 14.3. The first-order valence-corrected chi connectivity index (χ1v) is 6.44. The fraction of sp³-hybridized carbons (Fsp3) is 0.917. The van der Waals surface area contributed by atoms with Crippen LogP contribution in [0.2, 0.25) is 0 Å². The predicted molar refractivity (Wildman–Crippen MR) is 65.4 cm³/mol. The van der Waals surface area contributed by atoms with Crippen LogP contribution in [0.1, 0.15) is 52.4 Å². The average Bonchev–Trinajstić information content (AvgIpc) is 2.79. The summed E-state index contributed by atoms with van der Waals surface area (Å²) in [5.41, 5.74) is 1.84. The van der Waals surface area contributed by atoms with Crippen LogP contribution in [0.25, 0.3) is 0 Å². The van der Waals surface area contributed by atoms with Crippen LogP contribution in [0.4, 0.5) is 4.79 Å².